The van der Waals surface area contributed by atoms with Gasteiger partial charge in [0.25, 0.3) is 0 Å². The van der Waals surface area contributed by atoms with Crippen LogP contribution in [0, 0.1) is 6.92 Å². The van der Waals surface area contributed by atoms with Gasteiger partial charge in [-0.05, 0) is 27.7 Å². The van der Waals surface area contributed by atoms with Crippen LogP contribution >= 0.6 is 11.6 Å². The Morgan fingerprint density at radius 3 is 2.53 bits per heavy atom. The molecule has 0 atom stereocenters. The molecule has 1 aromatic rings. The second kappa shape index (κ2) is 6.17. The third kappa shape index (κ3) is 5.33. The van der Waals surface area contributed by atoms with Crippen LogP contribution in [0.5, 0.6) is 6.01 Å². The van der Waals surface area contributed by atoms with Crippen LogP contribution in [-0.4, -0.2) is 28.8 Å². The average Bonchev–Trinajstić information content (AvgIpc) is 2.23. The van der Waals surface area contributed by atoms with E-state index in [4.69, 9.17) is 21.1 Å². The molecular weight excluding hydrogens is 240 g/mol. The Morgan fingerprint density at radius 2 is 2.00 bits per heavy atom. The number of hydrogen-bond donors (Lipinski definition) is 0. The summed E-state index contributed by atoms with van der Waals surface area (Å²) in [6.45, 7) is 8.85. The van der Waals surface area contributed by atoms with E-state index in [9.17, 15) is 0 Å². The van der Waals surface area contributed by atoms with Gasteiger partial charge in [-0.1, -0.05) is 0 Å². The molecule has 96 valence electrons. The molecule has 17 heavy (non-hydrogen) atoms. The lowest BCUT2D eigenvalue weighted by atomic mass is 10.2. The van der Waals surface area contributed by atoms with E-state index >= 15 is 0 Å². The first-order chi connectivity index (χ1) is 7.92. The molecule has 0 aromatic carbocycles. The summed E-state index contributed by atoms with van der Waals surface area (Å²) in [4.78, 5) is 8.28. The van der Waals surface area contributed by atoms with Gasteiger partial charge in [0.05, 0.1) is 18.1 Å². The van der Waals surface area contributed by atoms with Crippen molar-refractivity contribution < 1.29 is 9.47 Å². The first kappa shape index (κ1) is 14.2. The van der Waals surface area contributed by atoms with Gasteiger partial charge in [0.2, 0.25) is 0 Å². The lowest BCUT2D eigenvalue weighted by Crippen LogP contribution is -2.22. The van der Waals surface area contributed by atoms with Crippen molar-refractivity contribution in [2.75, 3.05) is 13.2 Å². The topological polar surface area (TPSA) is 44.2 Å². The average molecular weight is 259 g/mol. The largest absolute Gasteiger partial charge is 0.461 e. The monoisotopic (exact) mass is 258 g/mol. The molecule has 0 spiro atoms. The smallest absolute Gasteiger partial charge is 0.316 e. The minimum atomic E-state index is -0.150. The van der Waals surface area contributed by atoms with Crippen molar-refractivity contribution in [1.29, 1.82) is 0 Å². The van der Waals surface area contributed by atoms with Crippen LogP contribution in [0.3, 0.4) is 0 Å². The van der Waals surface area contributed by atoms with E-state index in [1.165, 1.54) is 0 Å². The molecule has 1 heterocycles. The van der Waals surface area contributed by atoms with Crippen LogP contribution in [0.25, 0.3) is 0 Å². The Kier molecular flexibility index (Phi) is 5.15. The molecule has 0 N–H and O–H groups in total. The second-order valence-electron chi connectivity index (χ2n) is 4.71. The quantitative estimate of drug-likeness (QED) is 0.602. The summed E-state index contributed by atoms with van der Waals surface area (Å²) >= 11 is 5.72. The summed E-state index contributed by atoms with van der Waals surface area (Å²) in [7, 11) is 0. The van der Waals surface area contributed by atoms with Crippen LogP contribution in [0.15, 0.2) is 6.20 Å². The lowest BCUT2D eigenvalue weighted by Gasteiger charge is -2.19. The molecule has 0 aliphatic heterocycles. The molecule has 1 aromatic heterocycles. The van der Waals surface area contributed by atoms with Crippen molar-refractivity contribution in [2.45, 2.75) is 39.2 Å². The lowest BCUT2D eigenvalue weighted by molar-refractivity contribution is -0.0173. The fourth-order valence-corrected chi connectivity index (χ4v) is 1.41. The molecule has 1 rings (SSSR count). The van der Waals surface area contributed by atoms with Gasteiger partial charge < -0.3 is 9.47 Å². The van der Waals surface area contributed by atoms with Crippen LogP contribution in [0.1, 0.15) is 32.0 Å². The van der Waals surface area contributed by atoms with E-state index in [-0.39, 0.29) is 5.60 Å². The van der Waals surface area contributed by atoms with E-state index < -0.39 is 0 Å². The SMILES string of the molecule is Cc1nc(OCCOC(C)(C)C)ncc1CCl. The van der Waals surface area contributed by atoms with Crippen molar-refractivity contribution in [3.05, 3.63) is 17.5 Å². The van der Waals surface area contributed by atoms with Gasteiger partial charge in [0, 0.05) is 17.5 Å². The van der Waals surface area contributed by atoms with Crippen LogP contribution in [-0.2, 0) is 10.6 Å². The Hall–Kier alpha value is -0.870. The van der Waals surface area contributed by atoms with Crippen molar-refractivity contribution >= 4 is 11.6 Å². The number of hydrogen-bond acceptors (Lipinski definition) is 4. The zero-order valence-electron chi connectivity index (χ0n) is 10.8. The Balaban J connectivity index is 2.40. The molecule has 0 amide bonds. The molecule has 0 bridgehead atoms. The van der Waals surface area contributed by atoms with Crippen molar-refractivity contribution in [3.63, 3.8) is 0 Å². The standard InChI is InChI=1S/C12H19ClN2O2/c1-9-10(7-13)8-14-11(15-9)16-5-6-17-12(2,3)4/h8H,5-7H2,1-4H3. The van der Waals surface area contributed by atoms with Gasteiger partial charge in [-0.15, -0.1) is 11.6 Å². The number of rotatable bonds is 5. The molecule has 0 aliphatic carbocycles. The highest BCUT2D eigenvalue weighted by atomic mass is 35.5. The molecule has 0 saturated heterocycles. The van der Waals surface area contributed by atoms with Crippen LogP contribution in [0.2, 0.25) is 0 Å². The Labute approximate surface area is 107 Å². The van der Waals surface area contributed by atoms with Gasteiger partial charge in [0.15, 0.2) is 0 Å². The number of ether oxygens (including phenoxy) is 2. The van der Waals surface area contributed by atoms with Gasteiger partial charge in [-0.25, -0.2) is 9.97 Å². The zero-order chi connectivity index (χ0) is 12.9. The minimum absolute atomic E-state index is 0.150. The summed E-state index contributed by atoms with van der Waals surface area (Å²) in [6.07, 6.45) is 1.69. The van der Waals surface area contributed by atoms with E-state index in [0.717, 1.165) is 11.3 Å². The fraction of sp³-hybridized carbons (Fsp3) is 0.667. The van der Waals surface area contributed by atoms with E-state index in [0.29, 0.717) is 25.1 Å². The number of aryl methyl sites for hydroxylation is 1. The fourth-order valence-electron chi connectivity index (χ4n) is 1.15. The maximum Gasteiger partial charge on any atom is 0.316 e. The minimum Gasteiger partial charge on any atom is -0.461 e. The molecule has 4 nitrogen and oxygen atoms in total. The third-order valence-corrected chi connectivity index (χ3v) is 2.34. The van der Waals surface area contributed by atoms with Gasteiger partial charge in [-0.3, -0.25) is 0 Å². The van der Waals surface area contributed by atoms with E-state index in [1.807, 2.05) is 27.7 Å². The molecule has 0 unspecified atom stereocenters. The summed E-state index contributed by atoms with van der Waals surface area (Å²) in [5.41, 5.74) is 1.62. The normalized spacial score (nSPS) is 11.6. The molecule has 0 aliphatic rings. The number of nitrogens with zero attached hydrogens (tertiary/aromatic N) is 2. The van der Waals surface area contributed by atoms with Crippen LogP contribution < -0.4 is 4.74 Å². The summed E-state index contributed by atoms with van der Waals surface area (Å²) in [6, 6.07) is 0.369. The van der Waals surface area contributed by atoms with Crippen molar-refractivity contribution in [3.8, 4) is 6.01 Å². The highest BCUT2D eigenvalue weighted by molar-refractivity contribution is 6.17. The summed E-state index contributed by atoms with van der Waals surface area (Å²) in [5, 5.41) is 0. The van der Waals surface area contributed by atoms with Crippen molar-refractivity contribution in [2.24, 2.45) is 0 Å². The predicted octanol–water partition coefficient (Wildman–Crippen LogP) is 2.72. The predicted molar refractivity (Wildman–Crippen MR) is 67.5 cm³/mol. The highest BCUT2D eigenvalue weighted by Crippen LogP contribution is 2.11. The Bertz CT molecular complexity index is 364. The van der Waals surface area contributed by atoms with Crippen LogP contribution in [0.4, 0.5) is 0 Å². The second-order valence-corrected chi connectivity index (χ2v) is 4.97. The first-order valence-electron chi connectivity index (χ1n) is 5.57. The number of alkyl halides is 1. The first-order valence-corrected chi connectivity index (χ1v) is 6.11. The molecule has 0 radical (unpaired) electrons. The van der Waals surface area contributed by atoms with Crippen molar-refractivity contribution in [1.82, 2.24) is 9.97 Å². The molecule has 0 fully saturated rings. The van der Waals surface area contributed by atoms with E-state index in [2.05, 4.69) is 9.97 Å². The summed E-state index contributed by atoms with van der Waals surface area (Å²) < 4.78 is 10.9. The van der Waals surface area contributed by atoms with E-state index in [1.54, 1.807) is 6.20 Å². The Morgan fingerprint density at radius 1 is 1.29 bits per heavy atom. The van der Waals surface area contributed by atoms with Gasteiger partial charge in [-0.2, -0.15) is 0 Å². The van der Waals surface area contributed by atoms with Gasteiger partial charge in [0.1, 0.15) is 6.61 Å². The number of halogens is 1. The highest BCUT2D eigenvalue weighted by Gasteiger charge is 2.09. The molecule has 5 heteroatoms. The maximum atomic E-state index is 5.72. The third-order valence-electron chi connectivity index (χ3n) is 2.05. The summed E-state index contributed by atoms with van der Waals surface area (Å²) in [5.74, 6) is 0.416. The maximum absolute atomic E-state index is 5.72. The number of aromatic nitrogens is 2. The zero-order valence-corrected chi connectivity index (χ0v) is 11.5. The molecule has 0 saturated carbocycles. The van der Waals surface area contributed by atoms with Gasteiger partial charge >= 0.3 is 6.01 Å². The molecular formula is C12H19ClN2O2.